The van der Waals surface area contributed by atoms with Gasteiger partial charge in [-0.15, -0.1) is 0 Å². The maximum atomic E-state index is 12.9. The van der Waals surface area contributed by atoms with E-state index in [9.17, 15) is 4.79 Å². The fraction of sp³-hybridized carbons (Fsp3) is 0.227. The van der Waals surface area contributed by atoms with Crippen molar-refractivity contribution in [3.05, 3.63) is 83.1 Å². The van der Waals surface area contributed by atoms with Crippen molar-refractivity contribution in [1.82, 2.24) is 19.8 Å². The molecule has 2 heterocycles. The molecule has 0 spiro atoms. The first-order valence-corrected chi connectivity index (χ1v) is 9.95. The number of piperazine rings is 1. The van der Waals surface area contributed by atoms with Crippen molar-refractivity contribution < 1.29 is 4.79 Å². The van der Waals surface area contributed by atoms with Crippen LogP contribution < -0.4 is 5.32 Å². The first kappa shape index (κ1) is 19.4. The summed E-state index contributed by atoms with van der Waals surface area (Å²) in [6.45, 7) is 4.00. The van der Waals surface area contributed by atoms with Crippen molar-refractivity contribution in [3.63, 3.8) is 0 Å². The largest absolute Gasteiger partial charge is 0.336 e. The highest BCUT2D eigenvalue weighted by molar-refractivity contribution is 6.30. The molecule has 148 valence electrons. The maximum absolute atomic E-state index is 12.9. The SMILES string of the molecule is O=C(c1cccc(Nc2ncccn2)c1)N1CCN(Cc2ccc(Cl)cc2)CC1. The Balaban J connectivity index is 1.34. The van der Waals surface area contributed by atoms with Crippen molar-refractivity contribution in [2.45, 2.75) is 6.54 Å². The topological polar surface area (TPSA) is 61.4 Å². The zero-order chi connectivity index (χ0) is 20.1. The van der Waals surface area contributed by atoms with Gasteiger partial charge in [-0.1, -0.05) is 29.8 Å². The molecule has 0 aliphatic carbocycles. The van der Waals surface area contributed by atoms with E-state index in [2.05, 4.69) is 32.3 Å². The fourth-order valence-corrected chi connectivity index (χ4v) is 3.49. The Hall–Kier alpha value is -2.96. The van der Waals surface area contributed by atoms with Gasteiger partial charge in [0.25, 0.3) is 5.91 Å². The minimum Gasteiger partial charge on any atom is -0.336 e. The van der Waals surface area contributed by atoms with E-state index in [1.54, 1.807) is 18.5 Å². The van der Waals surface area contributed by atoms with E-state index in [0.29, 0.717) is 24.6 Å². The Kier molecular flexibility index (Phi) is 6.03. The zero-order valence-electron chi connectivity index (χ0n) is 16.0. The highest BCUT2D eigenvalue weighted by Crippen LogP contribution is 2.18. The smallest absolute Gasteiger partial charge is 0.254 e. The summed E-state index contributed by atoms with van der Waals surface area (Å²) in [5.41, 5.74) is 2.69. The molecule has 1 N–H and O–H groups in total. The molecule has 29 heavy (non-hydrogen) atoms. The lowest BCUT2D eigenvalue weighted by atomic mass is 10.1. The molecule has 1 amide bonds. The van der Waals surface area contributed by atoms with E-state index in [4.69, 9.17) is 11.6 Å². The monoisotopic (exact) mass is 407 g/mol. The number of benzene rings is 2. The Morgan fingerprint density at radius 1 is 0.966 bits per heavy atom. The van der Waals surface area contributed by atoms with Crippen molar-refractivity contribution in [2.24, 2.45) is 0 Å². The maximum Gasteiger partial charge on any atom is 0.254 e. The standard InChI is InChI=1S/C22H22ClN5O/c23-19-7-5-17(6-8-19)16-27-11-13-28(14-12-27)21(29)18-3-1-4-20(15-18)26-22-24-9-2-10-25-22/h1-10,15H,11-14,16H2,(H,24,25,26). The summed E-state index contributed by atoms with van der Waals surface area (Å²) < 4.78 is 0. The number of nitrogens with one attached hydrogen (secondary N) is 1. The molecule has 1 fully saturated rings. The molecule has 0 unspecified atom stereocenters. The van der Waals surface area contributed by atoms with E-state index in [-0.39, 0.29) is 5.91 Å². The van der Waals surface area contributed by atoms with Crippen LogP contribution in [0.1, 0.15) is 15.9 Å². The number of nitrogens with zero attached hydrogens (tertiary/aromatic N) is 4. The number of anilines is 2. The third-order valence-electron chi connectivity index (χ3n) is 4.91. The second-order valence-corrected chi connectivity index (χ2v) is 7.41. The zero-order valence-corrected chi connectivity index (χ0v) is 16.7. The summed E-state index contributed by atoms with van der Waals surface area (Å²) in [4.78, 5) is 25.5. The molecule has 0 bridgehead atoms. The lowest BCUT2D eigenvalue weighted by Crippen LogP contribution is -2.48. The molecule has 1 aliphatic rings. The Morgan fingerprint density at radius 3 is 2.41 bits per heavy atom. The van der Waals surface area contributed by atoms with Gasteiger partial charge in [-0.3, -0.25) is 9.69 Å². The number of hydrogen-bond acceptors (Lipinski definition) is 5. The Morgan fingerprint density at radius 2 is 1.69 bits per heavy atom. The molecule has 4 rings (SSSR count). The van der Waals surface area contributed by atoms with Crippen LogP contribution in [0.3, 0.4) is 0 Å². The summed E-state index contributed by atoms with van der Waals surface area (Å²) in [5, 5.41) is 3.88. The van der Waals surface area contributed by atoms with E-state index >= 15 is 0 Å². The molecule has 0 atom stereocenters. The van der Waals surface area contributed by atoms with Gasteiger partial charge in [0.2, 0.25) is 5.95 Å². The normalized spacial score (nSPS) is 14.6. The molecule has 1 aromatic heterocycles. The third-order valence-corrected chi connectivity index (χ3v) is 5.16. The van der Waals surface area contributed by atoms with Crippen LogP contribution in [0.2, 0.25) is 5.02 Å². The molecule has 6 nitrogen and oxygen atoms in total. The van der Waals surface area contributed by atoms with Gasteiger partial charge < -0.3 is 10.2 Å². The van der Waals surface area contributed by atoms with E-state index < -0.39 is 0 Å². The Bertz CT molecular complexity index is 956. The van der Waals surface area contributed by atoms with E-state index in [1.165, 1.54) is 5.56 Å². The number of aromatic nitrogens is 2. The summed E-state index contributed by atoms with van der Waals surface area (Å²) in [5.74, 6) is 0.557. The number of carbonyl (C=O) groups excluding carboxylic acids is 1. The predicted octanol–water partition coefficient (Wildman–Crippen LogP) is 3.83. The summed E-state index contributed by atoms with van der Waals surface area (Å²) in [6.07, 6.45) is 3.35. The molecular weight excluding hydrogens is 386 g/mol. The third kappa shape index (κ3) is 5.10. The number of hydrogen-bond donors (Lipinski definition) is 1. The Labute approximate surface area is 175 Å². The van der Waals surface area contributed by atoms with Crippen molar-refractivity contribution in [3.8, 4) is 0 Å². The minimum absolute atomic E-state index is 0.0498. The molecule has 7 heteroatoms. The predicted molar refractivity (Wildman–Crippen MR) is 114 cm³/mol. The van der Waals surface area contributed by atoms with Crippen LogP contribution in [0.5, 0.6) is 0 Å². The minimum atomic E-state index is 0.0498. The summed E-state index contributed by atoms with van der Waals surface area (Å²) in [6, 6.07) is 17.2. The second-order valence-electron chi connectivity index (χ2n) is 6.97. The second kappa shape index (κ2) is 9.03. The van der Waals surface area contributed by atoms with Crippen LogP contribution in [0.15, 0.2) is 67.0 Å². The van der Waals surface area contributed by atoms with Crippen LogP contribution in [0.25, 0.3) is 0 Å². The van der Waals surface area contributed by atoms with Crippen molar-refractivity contribution in [2.75, 3.05) is 31.5 Å². The van der Waals surface area contributed by atoms with Gasteiger partial charge in [-0.05, 0) is 42.0 Å². The number of rotatable bonds is 5. The lowest BCUT2D eigenvalue weighted by molar-refractivity contribution is 0.0628. The van der Waals surface area contributed by atoms with Gasteiger partial charge in [0.1, 0.15) is 0 Å². The van der Waals surface area contributed by atoms with Gasteiger partial charge in [0.15, 0.2) is 0 Å². The molecule has 3 aromatic rings. The van der Waals surface area contributed by atoms with Crippen molar-refractivity contribution in [1.29, 1.82) is 0 Å². The summed E-state index contributed by atoms with van der Waals surface area (Å²) >= 11 is 5.95. The average Bonchev–Trinajstić information content (AvgIpc) is 2.76. The average molecular weight is 408 g/mol. The van der Waals surface area contributed by atoms with Gasteiger partial charge >= 0.3 is 0 Å². The van der Waals surface area contributed by atoms with Crippen LogP contribution in [-0.2, 0) is 6.54 Å². The van der Waals surface area contributed by atoms with Gasteiger partial charge in [0, 0.05) is 61.4 Å². The molecule has 2 aromatic carbocycles. The number of halogens is 1. The fourth-order valence-electron chi connectivity index (χ4n) is 3.36. The molecule has 0 radical (unpaired) electrons. The first-order chi connectivity index (χ1) is 14.2. The quantitative estimate of drug-likeness (QED) is 0.696. The molecule has 0 saturated carbocycles. The van der Waals surface area contributed by atoms with Gasteiger partial charge in [0.05, 0.1) is 0 Å². The number of carbonyl (C=O) groups is 1. The molecule has 1 aliphatic heterocycles. The van der Waals surface area contributed by atoms with E-state index in [0.717, 1.165) is 30.3 Å². The van der Waals surface area contributed by atoms with Crippen LogP contribution in [0, 0.1) is 0 Å². The van der Waals surface area contributed by atoms with E-state index in [1.807, 2.05) is 41.3 Å². The van der Waals surface area contributed by atoms with Crippen molar-refractivity contribution >= 4 is 29.1 Å². The highest BCUT2D eigenvalue weighted by atomic mass is 35.5. The van der Waals surface area contributed by atoms with Gasteiger partial charge in [-0.2, -0.15) is 0 Å². The lowest BCUT2D eigenvalue weighted by Gasteiger charge is -2.34. The summed E-state index contributed by atoms with van der Waals surface area (Å²) in [7, 11) is 0. The highest BCUT2D eigenvalue weighted by Gasteiger charge is 2.22. The number of amides is 1. The molecular formula is C22H22ClN5O. The first-order valence-electron chi connectivity index (χ1n) is 9.57. The van der Waals surface area contributed by atoms with Gasteiger partial charge in [-0.25, -0.2) is 9.97 Å². The van der Waals surface area contributed by atoms with Crippen LogP contribution >= 0.6 is 11.6 Å². The van der Waals surface area contributed by atoms with Crippen LogP contribution in [0.4, 0.5) is 11.6 Å². The van der Waals surface area contributed by atoms with Crippen LogP contribution in [-0.4, -0.2) is 51.9 Å². The molecule has 1 saturated heterocycles.